The third-order valence-corrected chi connectivity index (χ3v) is 2.91. The van der Waals surface area contributed by atoms with Gasteiger partial charge >= 0.3 is 0 Å². The molecule has 0 aliphatic heterocycles. The molecule has 0 heterocycles. The lowest BCUT2D eigenvalue weighted by molar-refractivity contribution is -0.114. The maximum absolute atomic E-state index is 11.1. The van der Waals surface area contributed by atoms with Gasteiger partial charge in [-0.2, -0.15) is 0 Å². The first kappa shape index (κ1) is 12.6. The molecule has 18 heavy (non-hydrogen) atoms. The Morgan fingerprint density at radius 2 is 1.67 bits per heavy atom. The van der Waals surface area contributed by atoms with E-state index in [9.17, 15) is 4.79 Å². The molecule has 0 fully saturated rings. The SMILES string of the molecule is CC(=O)Nc1ccccc1Oc1ccccc1Br. The van der Waals surface area contributed by atoms with Crippen molar-refractivity contribution in [2.24, 2.45) is 0 Å². The van der Waals surface area contributed by atoms with Gasteiger partial charge in [0.25, 0.3) is 0 Å². The van der Waals surface area contributed by atoms with Crippen molar-refractivity contribution in [3.05, 3.63) is 53.0 Å². The van der Waals surface area contributed by atoms with Gasteiger partial charge in [0.05, 0.1) is 10.2 Å². The van der Waals surface area contributed by atoms with E-state index in [1.54, 1.807) is 6.07 Å². The number of anilines is 1. The maximum Gasteiger partial charge on any atom is 0.221 e. The first-order valence-corrected chi connectivity index (χ1v) is 6.25. The molecule has 0 aromatic heterocycles. The van der Waals surface area contributed by atoms with Gasteiger partial charge in [-0.15, -0.1) is 0 Å². The van der Waals surface area contributed by atoms with E-state index in [0.29, 0.717) is 17.2 Å². The summed E-state index contributed by atoms with van der Waals surface area (Å²) in [7, 11) is 0. The van der Waals surface area contributed by atoms with Crippen molar-refractivity contribution in [2.45, 2.75) is 6.92 Å². The van der Waals surface area contributed by atoms with Gasteiger partial charge in [-0.05, 0) is 40.2 Å². The average molecular weight is 306 g/mol. The number of para-hydroxylation sites is 3. The van der Waals surface area contributed by atoms with Gasteiger partial charge < -0.3 is 10.1 Å². The Bertz CT molecular complexity index is 569. The number of hydrogen-bond donors (Lipinski definition) is 1. The van der Waals surface area contributed by atoms with Gasteiger partial charge in [-0.1, -0.05) is 24.3 Å². The molecule has 0 bridgehead atoms. The molecule has 0 atom stereocenters. The number of hydrogen-bond acceptors (Lipinski definition) is 2. The minimum absolute atomic E-state index is 0.127. The van der Waals surface area contributed by atoms with E-state index in [2.05, 4.69) is 21.2 Å². The predicted octanol–water partition coefficient (Wildman–Crippen LogP) is 4.20. The van der Waals surface area contributed by atoms with E-state index in [-0.39, 0.29) is 5.91 Å². The van der Waals surface area contributed by atoms with Gasteiger partial charge in [-0.25, -0.2) is 0 Å². The van der Waals surface area contributed by atoms with E-state index in [1.807, 2.05) is 42.5 Å². The molecule has 0 unspecified atom stereocenters. The second-order valence-electron chi connectivity index (χ2n) is 3.71. The summed E-state index contributed by atoms with van der Waals surface area (Å²) in [5, 5.41) is 2.73. The standard InChI is InChI=1S/C14H12BrNO2/c1-10(17)16-12-7-3-5-9-14(12)18-13-8-4-2-6-11(13)15/h2-9H,1H3,(H,16,17). The largest absolute Gasteiger partial charge is 0.454 e. The van der Waals surface area contributed by atoms with Gasteiger partial charge in [0, 0.05) is 6.92 Å². The van der Waals surface area contributed by atoms with Crippen LogP contribution in [0.5, 0.6) is 11.5 Å². The van der Waals surface area contributed by atoms with Gasteiger partial charge in [0.15, 0.2) is 5.75 Å². The summed E-state index contributed by atoms with van der Waals surface area (Å²) < 4.78 is 6.64. The molecule has 2 aromatic rings. The number of carbonyl (C=O) groups excluding carboxylic acids is 1. The molecule has 3 nitrogen and oxygen atoms in total. The Morgan fingerprint density at radius 3 is 2.33 bits per heavy atom. The second-order valence-corrected chi connectivity index (χ2v) is 4.56. The van der Waals surface area contributed by atoms with Crippen molar-refractivity contribution in [2.75, 3.05) is 5.32 Å². The highest BCUT2D eigenvalue weighted by Crippen LogP contribution is 2.33. The van der Waals surface area contributed by atoms with E-state index in [1.165, 1.54) is 6.92 Å². The highest BCUT2D eigenvalue weighted by molar-refractivity contribution is 9.10. The molecule has 0 radical (unpaired) electrons. The fraction of sp³-hybridized carbons (Fsp3) is 0.0714. The number of ether oxygens (including phenoxy) is 1. The number of benzene rings is 2. The zero-order valence-electron chi connectivity index (χ0n) is 9.81. The zero-order chi connectivity index (χ0) is 13.0. The number of amides is 1. The van der Waals surface area contributed by atoms with Gasteiger partial charge in [0.2, 0.25) is 5.91 Å². The molecular formula is C14H12BrNO2. The van der Waals surface area contributed by atoms with Crippen LogP contribution in [0.2, 0.25) is 0 Å². The van der Waals surface area contributed by atoms with Gasteiger partial charge in [-0.3, -0.25) is 4.79 Å². The van der Waals surface area contributed by atoms with Gasteiger partial charge in [0.1, 0.15) is 5.75 Å². The molecule has 2 aromatic carbocycles. The van der Waals surface area contributed by atoms with Crippen molar-refractivity contribution in [1.29, 1.82) is 0 Å². The Balaban J connectivity index is 2.29. The van der Waals surface area contributed by atoms with Crippen molar-refractivity contribution >= 4 is 27.5 Å². The number of nitrogens with one attached hydrogen (secondary N) is 1. The van der Waals surface area contributed by atoms with Crippen LogP contribution in [-0.4, -0.2) is 5.91 Å². The van der Waals surface area contributed by atoms with E-state index >= 15 is 0 Å². The third kappa shape index (κ3) is 3.11. The third-order valence-electron chi connectivity index (χ3n) is 2.25. The highest BCUT2D eigenvalue weighted by atomic mass is 79.9. The molecule has 0 aliphatic carbocycles. The summed E-state index contributed by atoms with van der Waals surface area (Å²) in [6.07, 6.45) is 0. The predicted molar refractivity (Wildman–Crippen MR) is 75.0 cm³/mol. The minimum atomic E-state index is -0.127. The van der Waals surface area contributed by atoms with Crippen LogP contribution in [0.1, 0.15) is 6.92 Å². The van der Waals surface area contributed by atoms with Crippen LogP contribution in [0.25, 0.3) is 0 Å². The summed E-state index contributed by atoms with van der Waals surface area (Å²) in [6, 6.07) is 14.9. The smallest absolute Gasteiger partial charge is 0.221 e. The Kier molecular flexibility index (Phi) is 3.99. The van der Waals surface area contributed by atoms with Crippen LogP contribution in [0.15, 0.2) is 53.0 Å². The highest BCUT2D eigenvalue weighted by Gasteiger charge is 2.07. The van der Waals surface area contributed by atoms with Crippen LogP contribution in [0.3, 0.4) is 0 Å². The van der Waals surface area contributed by atoms with E-state index in [0.717, 1.165) is 4.47 Å². The summed E-state index contributed by atoms with van der Waals surface area (Å²) in [5.41, 5.74) is 0.653. The fourth-order valence-corrected chi connectivity index (χ4v) is 1.86. The number of rotatable bonds is 3. The first-order valence-electron chi connectivity index (χ1n) is 5.46. The summed E-state index contributed by atoms with van der Waals surface area (Å²) >= 11 is 3.42. The molecule has 0 saturated carbocycles. The van der Waals surface area contributed by atoms with Crippen LogP contribution in [0.4, 0.5) is 5.69 Å². The Morgan fingerprint density at radius 1 is 1.06 bits per heavy atom. The van der Waals surface area contributed by atoms with Crippen LogP contribution >= 0.6 is 15.9 Å². The zero-order valence-corrected chi connectivity index (χ0v) is 11.4. The molecule has 1 amide bonds. The maximum atomic E-state index is 11.1. The average Bonchev–Trinajstić information content (AvgIpc) is 2.34. The Hall–Kier alpha value is -1.81. The molecular weight excluding hydrogens is 294 g/mol. The molecule has 2 rings (SSSR count). The minimum Gasteiger partial charge on any atom is -0.454 e. The lowest BCUT2D eigenvalue weighted by atomic mass is 10.3. The molecule has 0 aliphatic rings. The summed E-state index contributed by atoms with van der Waals surface area (Å²) in [5.74, 6) is 1.19. The summed E-state index contributed by atoms with van der Waals surface area (Å²) in [6.45, 7) is 1.47. The van der Waals surface area contributed by atoms with E-state index in [4.69, 9.17) is 4.74 Å². The normalized spacial score (nSPS) is 9.89. The van der Waals surface area contributed by atoms with Crippen LogP contribution in [-0.2, 0) is 4.79 Å². The van der Waals surface area contributed by atoms with Crippen molar-refractivity contribution in [3.63, 3.8) is 0 Å². The molecule has 92 valence electrons. The molecule has 1 N–H and O–H groups in total. The Labute approximate surface area is 114 Å². The first-order chi connectivity index (χ1) is 8.66. The lowest BCUT2D eigenvalue weighted by Crippen LogP contribution is -2.06. The van der Waals surface area contributed by atoms with Crippen molar-refractivity contribution in [3.8, 4) is 11.5 Å². The second kappa shape index (κ2) is 5.69. The monoisotopic (exact) mass is 305 g/mol. The van der Waals surface area contributed by atoms with Crippen molar-refractivity contribution in [1.82, 2.24) is 0 Å². The quantitative estimate of drug-likeness (QED) is 0.923. The van der Waals surface area contributed by atoms with Crippen LogP contribution in [0, 0.1) is 0 Å². The molecule has 4 heteroatoms. The van der Waals surface area contributed by atoms with Crippen molar-refractivity contribution < 1.29 is 9.53 Å². The fourth-order valence-electron chi connectivity index (χ4n) is 1.49. The molecule has 0 saturated heterocycles. The topological polar surface area (TPSA) is 38.3 Å². The lowest BCUT2D eigenvalue weighted by Gasteiger charge is -2.12. The van der Waals surface area contributed by atoms with Crippen LogP contribution < -0.4 is 10.1 Å². The van der Waals surface area contributed by atoms with E-state index < -0.39 is 0 Å². The number of carbonyl (C=O) groups is 1. The number of halogens is 1. The molecule has 0 spiro atoms. The summed E-state index contributed by atoms with van der Waals surface area (Å²) in [4.78, 5) is 11.1.